The van der Waals surface area contributed by atoms with E-state index in [4.69, 9.17) is 9.84 Å². The second kappa shape index (κ2) is 8.17. The standard InChI is InChI=1S/C19H29N5OS/c1-3-24-18-5-10-25-13-16(18)17(21-24)11-22-6-4-7-23(9-8-22)12-19-15(2)20-14-26-19/h14H,3-13H2,1-2H3. The Morgan fingerprint density at radius 3 is 2.69 bits per heavy atom. The quantitative estimate of drug-likeness (QED) is 0.803. The molecule has 0 aromatic carbocycles. The lowest BCUT2D eigenvalue weighted by Crippen LogP contribution is -2.30. The summed E-state index contributed by atoms with van der Waals surface area (Å²) in [6.07, 6.45) is 2.21. The SMILES string of the molecule is CCn1nc(CN2CCCN(Cc3scnc3C)CC2)c2c1CCOC2. The molecule has 7 heteroatoms. The van der Waals surface area contributed by atoms with E-state index < -0.39 is 0 Å². The van der Waals surface area contributed by atoms with Crippen molar-refractivity contribution in [3.8, 4) is 0 Å². The van der Waals surface area contributed by atoms with Crippen molar-refractivity contribution in [2.24, 2.45) is 0 Å². The summed E-state index contributed by atoms with van der Waals surface area (Å²) in [7, 11) is 0. The van der Waals surface area contributed by atoms with Gasteiger partial charge in [0, 0.05) is 55.3 Å². The van der Waals surface area contributed by atoms with Crippen LogP contribution in [0.15, 0.2) is 5.51 Å². The topological polar surface area (TPSA) is 46.4 Å². The van der Waals surface area contributed by atoms with Gasteiger partial charge in [0.1, 0.15) is 0 Å². The van der Waals surface area contributed by atoms with Gasteiger partial charge in [0.25, 0.3) is 0 Å². The van der Waals surface area contributed by atoms with Crippen LogP contribution in [-0.4, -0.2) is 57.4 Å². The molecule has 0 spiro atoms. The lowest BCUT2D eigenvalue weighted by molar-refractivity contribution is 0.107. The number of rotatable bonds is 5. The molecule has 4 rings (SSSR count). The van der Waals surface area contributed by atoms with E-state index in [0.717, 1.165) is 58.9 Å². The van der Waals surface area contributed by atoms with Gasteiger partial charge in [0.15, 0.2) is 0 Å². The molecule has 2 aromatic rings. The number of thiazole rings is 1. The third-order valence-corrected chi connectivity index (χ3v) is 6.47. The largest absolute Gasteiger partial charge is 0.376 e. The maximum atomic E-state index is 5.71. The number of aromatic nitrogens is 3. The summed E-state index contributed by atoms with van der Waals surface area (Å²) >= 11 is 1.78. The van der Waals surface area contributed by atoms with Crippen LogP contribution in [0.5, 0.6) is 0 Å². The molecule has 1 saturated heterocycles. The molecule has 0 radical (unpaired) electrons. The van der Waals surface area contributed by atoms with E-state index in [0.29, 0.717) is 0 Å². The highest BCUT2D eigenvalue weighted by Gasteiger charge is 2.23. The highest BCUT2D eigenvalue weighted by molar-refractivity contribution is 7.09. The van der Waals surface area contributed by atoms with Crippen molar-refractivity contribution >= 4 is 11.3 Å². The summed E-state index contributed by atoms with van der Waals surface area (Å²) in [5.74, 6) is 0. The zero-order valence-electron chi connectivity index (χ0n) is 15.9. The van der Waals surface area contributed by atoms with Crippen LogP contribution in [0.1, 0.15) is 40.9 Å². The molecule has 0 aliphatic carbocycles. The van der Waals surface area contributed by atoms with Crippen molar-refractivity contribution in [1.29, 1.82) is 0 Å². The monoisotopic (exact) mass is 375 g/mol. The van der Waals surface area contributed by atoms with Crippen LogP contribution < -0.4 is 0 Å². The third-order valence-electron chi connectivity index (χ3n) is 5.55. The van der Waals surface area contributed by atoms with E-state index in [9.17, 15) is 0 Å². The second-order valence-corrected chi connectivity index (χ2v) is 8.20. The molecule has 2 aromatic heterocycles. The lowest BCUT2D eigenvalue weighted by atomic mass is 10.1. The molecule has 0 saturated carbocycles. The molecule has 142 valence electrons. The van der Waals surface area contributed by atoms with Crippen LogP contribution in [0.25, 0.3) is 0 Å². The third kappa shape index (κ3) is 3.86. The Labute approximate surface area is 159 Å². The van der Waals surface area contributed by atoms with Gasteiger partial charge in [-0.1, -0.05) is 0 Å². The van der Waals surface area contributed by atoms with E-state index in [-0.39, 0.29) is 0 Å². The van der Waals surface area contributed by atoms with Gasteiger partial charge >= 0.3 is 0 Å². The molecule has 0 N–H and O–H groups in total. The highest BCUT2D eigenvalue weighted by Crippen LogP contribution is 2.23. The number of hydrogen-bond acceptors (Lipinski definition) is 6. The first-order valence-corrected chi connectivity index (χ1v) is 10.6. The van der Waals surface area contributed by atoms with Crippen molar-refractivity contribution in [2.75, 3.05) is 32.8 Å². The molecule has 2 aliphatic rings. The molecule has 0 unspecified atom stereocenters. The zero-order chi connectivity index (χ0) is 17.9. The van der Waals surface area contributed by atoms with Crippen LogP contribution in [0.2, 0.25) is 0 Å². The van der Waals surface area contributed by atoms with Crippen molar-refractivity contribution in [1.82, 2.24) is 24.6 Å². The summed E-state index contributed by atoms with van der Waals surface area (Å²) in [4.78, 5) is 10.9. The summed E-state index contributed by atoms with van der Waals surface area (Å²) in [6.45, 7) is 13.3. The number of hydrogen-bond donors (Lipinski definition) is 0. The molecular formula is C19H29N5OS. The zero-order valence-corrected chi connectivity index (χ0v) is 16.7. The fourth-order valence-corrected chi connectivity index (χ4v) is 4.82. The summed E-state index contributed by atoms with van der Waals surface area (Å²) in [5, 5.41) is 4.90. The summed E-state index contributed by atoms with van der Waals surface area (Å²) < 4.78 is 7.89. The normalized spacial score (nSPS) is 19.5. The van der Waals surface area contributed by atoms with Crippen LogP contribution in [0.3, 0.4) is 0 Å². The Hall–Kier alpha value is -1.28. The van der Waals surface area contributed by atoms with Crippen LogP contribution in [0, 0.1) is 6.92 Å². The number of nitrogens with zero attached hydrogens (tertiary/aromatic N) is 5. The van der Waals surface area contributed by atoms with Gasteiger partial charge in [0.2, 0.25) is 0 Å². The summed E-state index contributed by atoms with van der Waals surface area (Å²) in [5.41, 5.74) is 7.12. The molecule has 6 nitrogen and oxygen atoms in total. The molecule has 0 bridgehead atoms. The molecule has 2 aliphatic heterocycles. The van der Waals surface area contributed by atoms with Crippen molar-refractivity contribution in [3.05, 3.63) is 33.0 Å². The number of fused-ring (bicyclic) bond motifs is 1. The Morgan fingerprint density at radius 2 is 1.96 bits per heavy atom. The van der Waals surface area contributed by atoms with E-state index in [1.807, 2.05) is 5.51 Å². The average Bonchev–Trinajstić information content (AvgIpc) is 3.14. The van der Waals surface area contributed by atoms with Gasteiger partial charge in [-0.2, -0.15) is 5.10 Å². The van der Waals surface area contributed by atoms with Gasteiger partial charge in [-0.25, -0.2) is 4.98 Å². The van der Waals surface area contributed by atoms with Crippen LogP contribution in [0.4, 0.5) is 0 Å². The van der Waals surface area contributed by atoms with E-state index in [2.05, 4.69) is 33.3 Å². The minimum atomic E-state index is 0.731. The molecule has 0 amide bonds. The maximum absolute atomic E-state index is 5.71. The van der Waals surface area contributed by atoms with Gasteiger partial charge in [-0.05, 0) is 33.4 Å². The average molecular weight is 376 g/mol. The van der Waals surface area contributed by atoms with E-state index in [1.165, 1.54) is 40.5 Å². The number of aryl methyl sites for hydroxylation is 2. The van der Waals surface area contributed by atoms with Crippen LogP contribution >= 0.6 is 11.3 Å². The lowest BCUT2D eigenvalue weighted by Gasteiger charge is -2.21. The van der Waals surface area contributed by atoms with Crippen molar-refractivity contribution in [2.45, 2.75) is 52.9 Å². The Balaban J connectivity index is 1.39. The second-order valence-electron chi connectivity index (χ2n) is 7.26. The van der Waals surface area contributed by atoms with Crippen LogP contribution in [-0.2, 0) is 37.4 Å². The van der Waals surface area contributed by atoms with E-state index >= 15 is 0 Å². The molecule has 26 heavy (non-hydrogen) atoms. The predicted octanol–water partition coefficient (Wildman–Crippen LogP) is 2.45. The fraction of sp³-hybridized carbons (Fsp3) is 0.684. The minimum Gasteiger partial charge on any atom is -0.376 e. The van der Waals surface area contributed by atoms with Gasteiger partial charge in [-0.3, -0.25) is 14.5 Å². The highest BCUT2D eigenvalue weighted by atomic mass is 32.1. The fourth-order valence-electron chi connectivity index (χ4n) is 4.00. The van der Waals surface area contributed by atoms with Gasteiger partial charge in [-0.15, -0.1) is 11.3 Å². The molecule has 0 atom stereocenters. The first-order valence-electron chi connectivity index (χ1n) is 9.73. The van der Waals surface area contributed by atoms with Gasteiger partial charge in [0.05, 0.1) is 30.1 Å². The minimum absolute atomic E-state index is 0.731. The first kappa shape index (κ1) is 18.1. The molecule has 4 heterocycles. The van der Waals surface area contributed by atoms with Gasteiger partial charge < -0.3 is 4.74 Å². The Morgan fingerprint density at radius 1 is 1.15 bits per heavy atom. The molecular weight excluding hydrogens is 346 g/mol. The summed E-state index contributed by atoms with van der Waals surface area (Å²) in [6, 6.07) is 0. The van der Waals surface area contributed by atoms with E-state index in [1.54, 1.807) is 11.3 Å². The maximum Gasteiger partial charge on any atom is 0.0822 e. The smallest absolute Gasteiger partial charge is 0.0822 e. The van der Waals surface area contributed by atoms with Crippen molar-refractivity contribution < 1.29 is 4.74 Å². The molecule has 1 fully saturated rings. The van der Waals surface area contributed by atoms with Crippen molar-refractivity contribution in [3.63, 3.8) is 0 Å². The predicted molar refractivity (Wildman–Crippen MR) is 103 cm³/mol. The Bertz CT molecular complexity index is 740. The first-order chi connectivity index (χ1) is 12.7. The Kier molecular flexibility index (Phi) is 5.69. The number of ether oxygens (including phenoxy) is 1.